The topological polar surface area (TPSA) is 15.3 Å². The first-order valence-corrected chi connectivity index (χ1v) is 7.50. The molecule has 2 nitrogen and oxygen atoms in total. The SMILES string of the molecule is C=CCN(Cc1cccc(CNC(C)C)c1)C(C)(C)C. The summed E-state index contributed by atoms with van der Waals surface area (Å²) in [4.78, 5) is 2.44. The van der Waals surface area contributed by atoms with Crippen molar-refractivity contribution in [2.24, 2.45) is 0 Å². The van der Waals surface area contributed by atoms with E-state index < -0.39 is 0 Å². The van der Waals surface area contributed by atoms with Crippen molar-refractivity contribution in [1.82, 2.24) is 10.2 Å². The summed E-state index contributed by atoms with van der Waals surface area (Å²) in [7, 11) is 0. The lowest BCUT2D eigenvalue weighted by molar-refractivity contribution is 0.145. The Morgan fingerprint density at radius 3 is 2.45 bits per heavy atom. The van der Waals surface area contributed by atoms with Crippen LogP contribution >= 0.6 is 0 Å². The fourth-order valence-electron chi connectivity index (χ4n) is 2.11. The van der Waals surface area contributed by atoms with E-state index in [0.717, 1.165) is 19.6 Å². The molecule has 0 heterocycles. The fraction of sp³-hybridized carbons (Fsp3) is 0.556. The molecule has 0 aliphatic carbocycles. The van der Waals surface area contributed by atoms with Crippen molar-refractivity contribution in [2.45, 2.75) is 59.3 Å². The molecule has 0 saturated heterocycles. The van der Waals surface area contributed by atoms with Gasteiger partial charge in [-0.1, -0.05) is 44.2 Å². The van der Waals surface area contributed by atoms with Crippen molar-refractivity contribution in [3.63, 3.8) is 0 Å². The average Bonchev–Trinajstić information content (AvgIpc) is 2.35. The molecule has 0 bridgehead atoms. The van der Waals surface area contributed by atoms with Gasteiger partial charge in [-0.25, -0.2) is 0 Å². The Hall–Kier alpha value is -1.12. The Labute approximate surface area is 124 Å². The highest BCUT2D eigenvalue weighted by molar-refractivity contribution is 5.23. The van der Waals surface area contributed by atoms with Crippen molar-refractivity contribution in [2.75, 3.05) is 6.54 Å². The maximum atomic E-state index is 3.87. The van der Waals surface area contributed by atoms with E-state index in [1.807, 2.05) is 6.08 Å². The molecule has 0 spiro atoms. The highest BCUT2D eigenvalue weighted by Gasteiger charge is 2.19. The molecular weight excluding hydrogens is 244 g/mol. The molecule has 1 rings (SSSR count). The van der Waals surface area contributed by atoms with E-state index in [9.17, 15) is 0 Å². The lowest BCUT2D eigenvalue weighted by Gasteiger charge is -2.35. The summed E-state index contributed by atoms with van der Waals surface area (Å²) in [5.41, 5.74) is 2.87. The maximum absolute atomic E-state index is 3.87. The van der Waals surface area contributed by atoms with Gasteiger partial charge in [0.1, 0.15) is 0 Å². The predicted molar refractivity (Wildman–Crippen MR) is 88.8 cm³/mol. The molecule has 2 heteroatoms. The second-order valence-corrected chi connectivity index (χ2v) is 6.70. The smallest absolute Gasteiger partial charge is 0.0242 e. The van der Waals surface area contributed by atoms with E-state index in [-0.39, 0.29) is 5.54 Å². The van der Waals surface area contributed by atoms with Gasteiger partial charge in [-0.3, -0.25) is 4.90 Å². The summed E-state index contributed by atoms with van der Waals surface area (Å²) >= 11 is 0. The Balaban J connectivity index is 2.75. The Kier molecular flexibility index (Phi) is 6.44. The zero-order valence-electron chi connectivity index (χ0n) is 13.7. The first-order chi connectivity index (χ1) is 9.32. The van der Waals surface area contributed by atoms with Crippen LogP contribution in [0.25, 0.3) is 0 Å². The van der Waals surface area contributed by atoms with Crippen LogP contribution in [-0.4, -0.2) is 23.0 Å². The van der Waals surface area contributed by atoms with E-state index in [2.05, 4.69) is 75.7 Å². The normalized spacial score (nSPS) is 12.2. The second kappa shape index (κ2) is 7.61. The summed E-state index contributed by atoms with van der Waals surface area (Å²) in [6, 6.07) is 9.37. The van der Waals surface area contributed by atoms with Gasteiger partial charge in [0.05, 0.1) is 0 Å². The molecule has 0 radical (unpaired) electrons. The van der Waals surface area contributed by atoms with Crippen LogP contribution in [0.3, 0.4) is 0 Å². The van der Waals surface area contributed by atoms with E-state index in [0.29, 0.717) is 6.04 Å². The number of rotatable bonds is 7. The van der Waals surface area contributed by atoms with Crippen LogP contribution < -0.4 is 5.32 Å². The average molecular weight is 274 g/mol. The third kappa shape index (κ3) is 5.89. The van der Waals surface area contributed by atoms with Gasteiger partial charge in [-0.15, -0.1) is 6.58 Å². The van der Waals surface area contributed by atoms with E-state index >= 15 is 0 Å². The minimum absolute atomic E-state index is 0.153. The Bertz CT molecular complexity index is 416. The minimum atomic E-state index is 0.153. The van der Waals surface area contributed by atoms with E-state index in [4.69, 9.17) is 0 Å². The van der Waals surface area contributed by atoms with Crippen LogP contribution in [0.2, 0.25) is 0 Å². The zero-order chi connectivity index (χ0) is 15.2. The van der Waals surface area contributed by atoms with E-state index in [1.54, 1.807) is 0 Å². The number of nitrogens with zero attached hydrogens (tertiary/aromatic N) is 1. The first-order valence-electron chi connectivity index (χ1n) is 7.50. The molecule has 20 heavy (non-hydrogen) atoms. The van der Waals surface area contributed by atoms with Gasteiger partial charge in [0.15, 0.2) is 0 Å². The molecule has 1 N–H and O–H groups in total. The van der Waals surface area contributed by atoms with Crippen LogP contribution in [-0.2, 0) is 13.1 Å². The van der Waals surface area contributed by atoms with Crippen LogP contribution in [0.15, 0.2) is 36.9 Å². The largest absolute Gasteiger partial charge is 0.310 e. The maximum Gasteiger partial charge on any atom is 0.0242 e. The minimum Gasteiger partial charge on any atom is -0.310 e. The molecule has 0 amide bonds. The molecule has 0 saturated carbocycles. The summed E-state index contributed by atoms with van der Waals surface area (Å²) in [5, 5.41) is 3.47. The van der Waals surface area contributed by atoms with Crippen molar-refractivity contribution >= 4 is 0 Å². The molecule has 0 fully saturated rings. The van der Waals surface area contributed by atoms with Gasteiger partial charge < -0.3 is 5.32 Å². The highest BCUT2D eigenvalue weighted by atomic mass is 15.2. The number of hydrogen-bond acceptors (Lipinski definition) is 2. The van der Waals surface area contributed by atoms with E-state index in [1.165, 1.54) is 11.1 Å². The third-order valence-corrected chi connectivity index (χ3v) is 3.38. The van der Waals surface area contributed by atoms with Crippen LogP contribution in [0, 0.1) is 0 Å². The first kappa shape index (κ1) is 16.9. The lowest BCUT2D eigenvalue weighted by Crippen LogP contribution is -2.40. The zero-order valence-corrected chi connectivity index (χ0v) is 13.7. The van der Waals surface area contributed by atoms with Gasteiger partial charge >= 0.3 is 0 Å². The van der Waals surface area contributed by atoms with Crippen molar-refractivity contribution in [1.29, 1.82) is 0 Å². The molecule has 0 aliphatic heterocycles. The third-order valence-electron chi connectivity index (χ3n) is 3.38. The van der Waals surface area contributed by atoms with Gasteiger partial charge in [-0.2, -0.15) is 0 Å². The number of nitrogens with one attached hydrogen (secondary N) is 1. The summed E-state index contributed by atoms with van der Waals surface area (Å²) in [5.74, 6) is 0. The lowest BCUT2D eigenvalue weighted by atomic mass is 10.0. The van der Waals surface area contributed by atoms with Gasteiger partial charge in [0, 0.05) is 31.2 Å². The van der Waals surface area contributed by atoms with Gasteiger partial charge in [0.25, 0.3) is 0 Å². The van der Waals surface area contributed by atoms with Gasteiger partial charge in [-0.05, 0) is 31.9 Å². The molecule has 1 aromatic rings. The molecule has 0 aliphatic rings. The van der Waals surface area contributed by atoms with Crippen molar-refractivity contribution in [3.8, 4) is 0 Å². The van der Waals surface area contributed by atoms with Crippen LogP contribution in [0.4, 0.5) is 0 Å². The molecule has 0 unspecified atom stereocenters. The molecule has 0 aromatic heterocycles. The quantitative estimate of drug-likeness (QED) is 0.757. The molecule has 112 valence electrons. The summed E-state index contributed by atoms with van der Waals surface area (Å²) in [6.45, 7) is 17.8. The van der Waals surface area contributed by atoms with Crippen molar-refractivity contribution < 1.29 is 0 Å². The second-order valence-electron chi connectivity index (χ2n) is 6.70. The van der Waals surface area contributed by atoms with Crippen molar-refractivity contribution in [3.05, 3.63) is 48.0 Å². The Morgan fingerprint density at radius 2 is 1.90 bits per heavy atom. The predicted octanol–water partition coefficient (Wildman–Crippen LogP) is 3.97. The number of benzene rings is 1. The summed E-state index contributed by atoms with van der Waals surface area (Å²) in [6.07, 6.45) is 1.98. The molecular formula is C18H30N2. The van der Waals surface area contributed by atoms with Crippen LogP contribution in [0.1, 0.15) is 45.7 Å². The van der Waals surface area contributed by atoms with Gasteiger partial charge in [0.2, 0.25) is 0 Å². The number of hydrogen-bond donors (Lipinski definition) is 1. The summed E-state index contributed by atoms with van der Waals surface area (Å²) < 4.78 is 0. The fourth-order valence-corrected chi connectivity index (χ4v) is 2.11. The standard InChI is InChI=1S/C18H30N2/c1-7-11-20(18(4,5)6)14-17-10-8-9-16(12-17)13-19-15(2)3/h7-10,12,15,19H,1,11,13-14H2,2-6H3. The molecule has 1 aromatic carbocycles. The van der Waals surface area contributed by atoms with Crippen LogP contribution in [0.5, 0.6) is 0 Å². The highest BCUT2D eigenvalue weighted by Crippen LogP contribution is 2.18. The monoisotopic (exact) mass is 274 g/mol. The Morgan fingerprint density at radius 1 is 1.25 bits per heavy atom. The molecule has 0 atom stereocenters.